The molecule has 1 aromatic rings. The summed E-state index contributed by atoms with van der Waals surface area (Å²) >= 11 is 0. The molecule has 0 radical (unpaired) electrons. The SMILES string of the molecule is CC1CCN(CC(O)c2ccccc2N)CC1C. The first-order chi connectivity index (χ1) is 8.58. The van der Waals surface area contributed by atoms with Gasteiger partial charge in [0.1, 0.15) is 0 Å². The van der Waals surface area contributed by atoms with Crippen molar-refractivity contribution in [3.8, 4) is 0 Å². The van der Waals surface area contributed by atoms with Gasteiger partial charge in [-0.2, -0.15) is 0 Å². The van der Waals surface area contributed by atoms with Gasteiger partial charge in [-0.15, -0.1) is 0 Å². The molecule has 3 heteroatoms. The number of nitrogens with zero attached hydrogens (tertiary/aromatic N) is 1. The van der Waals surface area contributed by atoms with Crippen LogP contribution in [0.4, 0.5) is 5.69 Å². The number of β-amino-alcohol motifs (C(OH)–C–C–N with tert-alkyl or cyclic N) is 1. The summed E-state index contributed by atoms with van der Waals surface area (Å²) in [6, 6.07) is 7.58. The van der Waals surface area contributed by atoms with Crippen LogP contribution in [-0.4, -0.2) is 29.6 Å². The highest BCUT2D eigenvalue weighted by Crippen LogP contribution is 2.26. The monoisotopic (exact) mass is 248 g/mol. The second-order valence-electron chi connectivity index (χ2n) is 5.65. The molecule has 1 heterocycles. The van der Waals surface area contributed by atoms with E-state index >= 15 is 0 Å². The molecule has 0 spiro atoms. The van der Waals surface area contributed by atoms with Crippen LogP contribution in [0.3, 0.4) is 0 Å². The zero-order valence-corrected chi connectivity index (χ0v) is 11.3. The summed E-state index contributed by atoms with van der Waals surface area (Å²) in [4.78, 5) is 2.35. The molecule has 0 aliphatic carbocycles. The van der Waals surface area contributed by atoms with Gasteiger partial charge in [0, 0.05) is 24.3 Å². The van der Waals surface area contributed by atoms with Gasteiger partial charge in [-0.25, -0.2) is 0 Å². The van der Waals surface area contributed by atoms with Crippen LogP contribution in [0.1, 0.15) is 31.9 Å². The number of nitrogens with two attached hydrogens (primary N) is 1. The number of para-hydroxylation sites is 1. The average molecular weight is 248 g/mol. The summed E-state index contributed by atoms with van der Waals surface area (Å²) in [6.45, 7) is 7.44. The Bertz CT molecular complexity index is 394. The van der Waals surface area contributed by atoms with E-state index in [2.05, 4.69) is 18.7 Å². The van der Waals surface area contributed by atoms with Crippen LogP contribution in [0.25, 0.3) is 0 Å². The predicted octanol–water partition coefficient (Wildman–Crippen LogP) is 2.28. The van der Waals surface area contributed by atoms with Crippen LogP contribution in [0.15, 0.2) is 24.3 Å². The maximum Gasteiger partial charge on any atom is 0.0936 e. The van der Waals surface area contributed by atoms with Crippen LogP contribution in [-0.2, 0) is 0 Å². The van der Waals surface area contributed by atoms with Gasteiger partial charge in [-0.3, -0.25) is 0 Å². The Morgan fingerprint density at radius 3 is 2.72 bits per heavy atom. The van der Waals surface area contributed by atoms with E-state index in [4.69, 9.17) is 5.73 Å². The number of aliphatic hydroxyl groups is 1. The van der Waals surface area contributed by atoms with Crippen LogP contribution in [0, 0.1) is 11.8 Å². The topological polar surface area (TPSA) is 49.5 Å². The summed E-state index contributed by atoms with van der Waals surface area (Å²) in [5, 5.41) is 10.3. The highest BCUT2D eigenvalue weighted by Gasteiger charge is 2.24. The smallest absolute Gasteiger partial charge is 0.0936 e. The van der Waals surface area contributed by atoms with Crippen molar-refractivity contribution < 1.29 is 5.11 Å². The van der Waals surface area contributed by atoms with Gasteiger partial charge in [0.15, 0.2) is 0 Å². The lowest BCUT2D eigenvalue weighted by Crippen LogP contribution is -2.40. The van der Waals surface area contributed by atoms with Gasteiger partial charge < -0.3 is 15.7 Å². The van der Waals surface area contributed by atoms with E-state index in [1.807, 2.05) is 24.3 Å². The Hall–Kier alpha value is -1.06. The largest absolute Gasteiger partial charge is 0.398 e. The van der Waals surface area contributed by atoms with Gasteiger partial charge in [0.25, 0.3) is 0 Å². The maximum absolute atomic E-state index is 10.3. The van der Waals surface area contributed by atoms with Crippen LogP contribution in [0.2, 0.25) is 0 Å². The molecular weight excluding hydrogens is 224 g/mol. The second kappa shape index (κ2) is 5.72. The number of anilines is 1. The molecule has 1 aliphatic rings. The first-order valence-electron chi connectivity index (χ1n) is 6.82. The van der Waals surface area contributed by atoms with Crippen molar-refractivity contribution in [2.75, 3.05) is 25.4 Å². The summed E-state index contributed by atoms with van der Waals surface area (Å²) in [5.74, 6) is 1.50. The number of hydrogen-bond donors (Lipinski definition) is 2. The number of hydrogen-bond acceptors (Lipinski definition) is 3. The zero-order valence-electron chi connectivity index (χ0n) is 11.3. The van der Waals surface area contributed by atoms with Crippen LogP contribution < -0.4 is 5.73 Å². The molecule has 100 valence electrons. The van der Waals surface area contributed by atoms with Crippen molar-refractivity contribution in [3.63, 3.8) is 0 Å². The molecule has 0 amide bonds. The Kier molecular flexibility index (Phi) is 4.25. The average Bonchev–Trinajstić information content (AvgIpc) is 2.34. The molecule has 0 bridgehead atoms. The van der Waals surface area contributed by atoms with E-state index in [9.17, 15) is 5.11 Å². The predicted molar refractivity (Wildman–Crippen MR) is 75.2 cm³/mol. The molecule has 1 aromatic carbocycles. The molecule has 2 rings (SSSR count). The third kappa shape index (κ3) is 3.03. The van der Waals surface area contributed by atoms with E-state index in [0.717, 1.165) is 24.6 Å². The minimum Gasteiger partial charge on any atom is -0.398 e. The fourth-order valence-corrected chi connectivity index (χ4v) is 2.67. The lowest BCUT2D eigenvalue weighted by Gasteiger charge is -2.36. The van der Waals surface area contributed by atoms with E-state index in [1.165, 1.54) is 6.42 Å². The Labute approximate surface area is 110 Å². The molecular formula is C15H24N2O. The number of nitrogen functional groups attached to an aromatic ring is 1. The van der Waals surface area contributed by atoms with Crippen LogP contribution >= 0.6 is 0 Å². The molecule has 18 heavy (non-hydrogen) atoms. The third-order valence-electron chi connectivity index (χ3n) is 4.20. The summed E-state index contributed by atoms with van der Waals surface area (Å²) in [5.41, 5.74) is 7.43. The molecule has 3 nitrogen and oxygen atoms in total. The molecule has 3 atom stereocenters. The number of likely N-dealkylation sites (tertiary alicyclic amines) is 1. The number of piperidine rings is 1. The van der Waals surface area contributed by atoms with Crippen LogP contribution in [0.5, 0.6) is 0 Å². The Morgan fingerprint density at radius 1 is 1.33 bits per heavy atom. The Morgan fingerprint density at radius 2 is 2.06 bits per heavy atom. The van der Waals surface area contributed by atoms with Crippen molar-refractivity contribution in [3.05, 3.63) is 29.8 Å². The van der Waals surface area contributed by atoms with E-state index in [1.54, 1.807) is 0 Å². The van der Waals surface area contributed by atoms with Crippen molar-refractivity contribution in [1.29, 1.82) is 0 Å². The Balaban J connectivity index is 1.96. The fourth-order valence-electron chi connectivity index (χ4n) is 2.67. The minimum absolute atomic E-state index is 0.480. The molecule has 3 N–H and O–H groups in total. The zero-order chi connectivity index (χ0) is 13.1. The fraction of sp³-hybridized carbons (Fsp3) is 0.600. The molecule has 0 aromatic heterocycles. The maximum atomic E-state index is 10.3. The lowest BCUT2D eigenvalue weighted by atomic mass is 9.88. The normalized spacial score (nSPS) is 27.1. The minimum atomic E-state index is -0.480. The van der Waals surface area contributed by atoms with E-state index in [0.29, 0.717) is 18.2 Å². The van der Waals surface area contributed by atoms with Crippen molar-refractivity contribution in [2.24, 2.45) is 11.8 Å². The first kappa shape index (κ1) is 13.4. The van der Waals surface area contributed by atoms with Gasteiger partial charge in [0.2, 0.25) is 0 Å². The quantitative estimate of drug-likeness (QED) is 0.807. The number of aliphatic hydroxyl groups excluding tert-OH is 1. The number of benzene rings is 1. The lowest BCUT2D eigenvalue weighted by molar-refractivity contribution is 0.0708. The van der Waals surface area contributed by atoms with E-state index < -0.39 is 6.10 Å². The van der Waals surface area contributed by atoms with Gasteiger partial charge in [0.05, 0.1) is 6.10 Å². The molecule has 1 aliphatic heterocycles. The molecule has 3 unspecified atom stereocenters. The summed E-state index contributed by atoms with van der Waals surface area (Å²) < 4.78 is 0. The number of rotatable bonds is 3. The molecule has 1 fully saturated rings. The van der Waals surface area contributed by atoms with Crippen molar-refractivity contribution in [1.82, 2.24) is 4.90 Å². The summed E-state index contributed by atoms with van der Waals surface area (Å²) in [7, 11) is 0. The second-order valence-corrected chi connectivity index (χ2v) is 5.65. The molecule has 1 saturated heterocycles. The highest BCUT2D eigenvalue weighted by atomic mass is 16.3. The van der Waals surface area contributed by atoms with Gasteiger partial charge in [-0.1, -0.05) is 32.0 Å². The van der Waals surface area contributed by atoms with Crippen molar-refractivity contribution in [2.45, 2.75) is 26.4 Å². The third-order valence-corrected chi connectivity index (χ3v) is 4.20. The summed E-state index contributed by atoms with van der Waals surface area (Å²) in [6.07, 6.45) is 0.741. The van der Waals surface area contributed by atoms with E-state index in [-0.39, 0.29) is 0 Å². The van der Waals surface area contributed by atoms with Crippen molar-refractivity contribution >= 4 is 5.69 Å². The van der Waals surface area contributed by atoms with Gasteiger partial charge in [-0.05, 0) is 30.9 Å². The van der Waals surface area contributed by atoms with Gasteiger partial charge >= 0.3 is 0 Å². The first-order valence-corrected chi connectivity index (χ1v) is 6.82. The highest BCUT2D eigenvalue weighted by molar-refractivity contribution is 5.47. The molecule has 0 saturated carbocycles. The standard InChI is InChI=1S/C15H24N2O/c1-11-7-8-17(9-12(11)2)10-15(18)13-5-3-4-6-14(13)16/h3-6,11-12,15,18H,7-10,16H2,1-2H3.